The van der Waals surface area contributed by atoms with Gasteiger partial charge in [0.15, 0.2) is 0 Å². The van der Waals surface area contributed by atoms with Gasteiger partial charge in [0.2, 0.25) is 0 Å². The van der Waals surface area contributed by atoms with Gasteiger partial charge in [0.1, 0.15) is 0 Å². The fraction of sp³-hybridized carbons (Fsp3) is 0.846. The number of aliphatic carboxylic acids is 1. The summed E-state index contributed by atoms with van der Waals surface area (Å²) in [5, 5.41) is 11.7. The maximum absolute atomic E-state index is 12.1. The Morgan fingerprint density at radius 2 is 2.00 bits per heavy atom. The van der Waals surface area contributed by atoms with Crippen molar-refractivity contribution >= 4 is 12.0 Å². The van der Waals surface area contributed by atoms with Crippen LogP contribution in [0.25, 0.3) is 0 Å². The molecule has 0 bridgehead atoms. The molecule has 104 valence electrons. The molecule has 1 aliphatic rings. The van der Waals surface area contributed by atoms with Crippen LogP contribution in [0.1, 0.15) is 40.0 Å². The van der Waals surface area contributed by atoms with Crippen LogP contribution in [0, 0.1) is 11.8 Å². The molecular weight excluding hydrogens is 232 g/mol. The highest BCUT2D eigenvalue weighted by Gasteiger charge is 2.28. The Morgan fingerprint density at radius 1 is 1.39 bits per heavy atom. The minimum atomic E-state index is -0.882. The highest BCUT2D eigenvalue weighted by molar-refractivity contribution is 5.76. The first-order valence-electron chi connectivity index (χ1n) is 6.74. The van der Waals surface area contributed by atoms with Crippen molar-refractivity contribution in [1.82, 2.24) is 10.2 Å². The number of hydrogen-bond donors (Lipinski definition) is 2. The van der Waals surface area contributed by atoms with Crippen molar-refractivity contribution in [2.24, 2.45) is 11.8 Å². The summed E-state index contributed by atoms with van der Waals surface area (Å²) in [6.07, 6.45) is 3.33. The molecule has 1 saturated carbocycles. The minimum absolute atomic E-state index is 0.135. The van der Waals surface area contributed by atoms with Crippen LogP contribution in [0.15, 0.2) is 0 Å². The SMILES string of the molecule is CCCN(CC1CC1)C(=O)NC(C)C(C)C(=O)O. The third-order valence-corrected chi connectivity index (χ3v) is 3.45. The van der Waals surface area contributed by atoms with Crippen LogP contribution in [0.5, 0.6) is 0 Å². The smallest absolute Gasteiger partial charge is 0.317 e. The first-order valence-corrected chi connectivity index (χ1v) is 6.74. The first-order chi connectivity index (χ1) is 8.45. The molecule has 2 atom stereocenters. The molecule has 2 N–H and O–H groups in total. The molecule has 0 heterocycles. The van der Waals surface area contributed by atoms with Crippen LogP contribution in [-0.2, 0) is 4.79 Å². The van der Waals surface area contributed by atoms with Crippen LogP contribution in [0.4, 0.5) is 4.79 Å². The predicted octanol–water partition coefficient (Wildman–Crippen LogP) is 1.93. The van der Waals surface area contributed by atoms with Crippen LogP contribution in [0.2, 0.25) is 0 Å². The van der Waals surface area contributed by atoms with Gasteiger partial charge in [0, 0.05) is 19.1 Å². The molecule has 1 fully saturated rings. The highest BCUT2D eigenvalue weighted by atomic mass is 16.4. The van der Waals surface area contributed by atoms with Gasteiger partial charge in [0.25, 0.3) is 0 Å². The van der Waals surface area contributed by atoms with Gasteiger partial charge in [-0.25, -0.2) is 4.79 Å². The zero-order chi connectivity index (χ0) is 13.7. The van der Waals surface area contributed by atoms with Gasteiger partial charge in [-0.2, -0.15) is 0 Å². The molecule has 1 aliphatic carbocycles. The molecular formula is C13H24N2O3. The van der Waals surface area contributed by atoms with E-state index in [1.54, 1.807) is 13.8 Å². The number of rotatable bonds is 7. The van der Waals surface area contributed by atoms with Crippen LogP contribution in [0.3, 0.4) is 0 Å². The number of hydrogen-bond acceptors (Lipinski definition) is 2. The second-order valence-electron chi connectivity index (χ2n) is 5.25. The van der Waals surface area contributed by atoms with Crippen LogP contribution in [-0.4, -0.2) is 41.1 Å². The third kappa shape index (κ3) is 4.55. The van der Waals surface area contributed by atoms with E-state index in [9.17, 15) is 9.59 Å². The molecule has 0 spiro atoms. The van der Waals surface area contributed by atoms with Crippen molar-refractivity contribution in [3.8, 4) is 0 Å². The number of carboxylic acid groups (broad SMARTS) is 1. The maximum Gasteiger partial charge on any atom is 0.317 e. The Balaban J connectivity index is 2.46. The number of urea groups is 1. The van der Waals surface area contributed by atoms with E-state index in [0.717, 1.165) is 19.5 Å². The summed E-state index contributed by atoms with van der Waals surface area (Å²) in [5.74, 6) is -0.806. The number of amides is 2. The van der Waals surface area contributed by atoms with E-state index in [0.29, 0.717) is 5.92 Å². The average molecular weight is 256 g/mol. The quantitative estimate of drug-likeness (QED) is 0.731. The number of carboxylic acids is 1. The summed E-state index contributed by atoms with van der Waals surface area (Å²) in [5.41, 5.74) is 0. The largest absolute Gasteiger partial charge is 0.481 e. The molecule has 18 heavy (non-hydrogen) atoms. The molecule has 0 aromatic heterocycles. The van der Waals surface area contributed by atoms with E-state index in [1.165, 1.54) is 12.8 Å². The van der Waals surface area contributed by atoms with Gasteiger partial charge in [-0.1, -0.05) is 6.92 Å². The van der Waals surface area contributed by atoms with E-state index < -0.39 is 11.9 Å². The lowest BCUT2D eigenvalue weighted by Crippen LogP contribution is -2.48. The van der Waals surface area contributed by atoms with E-state index in [1.807, 2.05) is 11.8 Å². The van der Waals surface area contributed by atoms with Crippen LogP contribution < -0.4 is 5.32 Å². The zero-order valence-corrected chi connectivity index (χ0v) is 11.5. The topological polar surface area (TPSA) is 69.6 Å². The number of nitrogens with zero attached hydrogens (tertiary/aromatic N) is 1. The van der Waals surface area contributed by atoms with Crippen molar-refractivity contribution < 1.29 is 14.7 Å². The lowest BCUT2D eigenvalue weighted by atomic mass is 10.0. The van der Waals surface area contributed by atoms with Crippen molar-refractivity contribution in [3.05, 3.63) is 0 Å². The van der Waals surface area contributed by atoms with Crippen molar-refractivity contribution in [3.63, 3.8) is 0 Å². The summed E-state index contributed by atoms with van der Waals surface area (Å²) in [7, 11) is 0. The van der Waals surface area contributed by atoms with E-state index >= 15 is 0 Å². The number of carbonyl (C=O) groups excluding carboxylic acids is 1. The summed E-state index contributed by atoms with van der Waals surface area (Å²) < 4.78 is 0. The van der Waals surface area contributed by atoms with Gasteiger partial charge < -0.3 is 15.3 Å². The number of carbonyl (C=O) groups is 2. The van der Waals surface area contributed by atoms with Crippen molar-refractivity contribution in [2.45, 2.75) is 46.1 Å². The molecule has 2 amide bonds. The summed E-state index contributed by atoms with van der Waals surface area (Å²) >= 11 is 0. The maximum atomic E-state index is 12.1. The van der Waals surface area contributed by atoms with Gasteiger partial charge in [0.05, 0.1) is 5.92 Å². The van der Waals surface area contributed by atoms with Gasteiger partial charge in [-0.05, 0) is 39.0 Å². The van der Waals surface area contributed by atoms with Crippen LogP contribution >= 0.6 is 0 Å². The van der Waals surface area contributed by atoms with E-state index in [-0.39, 0.29) is 12.1 Å². The van der Waals surface area contributed by atoms with E-state index in [2.05, 4.69) is 5.32 Å². The third-order valence-electron chi connectivity index (χ3n) is 3.45. The summed E-state index contributed by atoms with van der Waals surface area (Å²) in [6, 6.07) is -0.488. The van der Waals surface area contributed by atoms with E-state index in [4.69, 9.17) is 5.11 Å². The normalized spacial score (nSPS) is 17.9. The van der Waals surface area contributed by atoms with Crippen molar-refractivity contribution in [2.75, 3.05) is 13.1 Å². The minimum Gasteiger partial charge on any atom is -0.481 e. The van der Waals surface area contributed by atoms with Gasteiger partial charge >= 0.3 is 12.0 Å². The van der Waals surface area contributed by atoms with Crippen molar-refractivity contribution in [1.29, 1.82) is 0 Å². The molecule has 5 heteroatoms. The highest BCUT2D eigenvalue weighted by Crippen LogP contribution is 2.29. The second-order valence-corrected chi connectivity index (χ2v) is 5.25. The molecule has 0 saturated heterocycles. The predicted molar refractivity (Wildman–Crippen MR) is 69.4 cm³/mol. The first kappa shape index (κ1) is 14.8. The lowest BCUT2D eigenvalue weighted by Gasteiger charge is -2.26. The lowest BCUT2D eigenvalue weighted by molar-refractivity contribution is -0.141. The van der Waals surface area contributed by atoms with Gasteiger partial charge in [-0.15, -0.1) is 0 Å². The standard InChI is InChI=1S/C13H24N2O3/c1-4-7-15(8-11-5-6-11)13(18)14-10(3)9(2)12(16)17/h9-11H,4-8H2,1-3H3,(H,14,18)(H,16,17). The second kappa shape index (κ2) is 6.61. The Morgan fingerprint density at radius 3 is 2.44 bits per heavy atom. The zero-order valence-electron chi connectivity index (χ0n) is 11.5. The monoisotopic (exact) mass is 256 g/mol. The average Bonchev–Trinajstić information content (AvgIpc) is 3.11. The Bertz CT molecular complexity index is 303. The fourth-order valence-corrected chi connectivity index (χ4v) is 1.78. The Hall–Kier alpha value is -1.26. The molecule has 0 aromatic rings. The molecule has 0 aromatic carbocycles. The molecule has 0 radical (unpaired) electrons. The fourth-order valence-electron chi connectivity index (χ4n) is 1.78. The number of nitrogens with one attached hydrogen (secondary N) is 1. The van der Waals surface area contributed by atoms with Gasteiger partial charge in [-0.3, -0.25) is 4.79 Å². The Kier molecular flexibility index (Phi) is 5.44. The summed E-state index contributed by atoms with van der Waals surface area (Å²) in [4.78, 5) is 24.7. The molecule has 0 aliphatic heterocycles. The summed E-state index contributed by atoms with van der Waals surface area (Å²) in [6.45, 7) is 6.91. The molecule has 2 unspecified atom stereocenters. The molecule has 1 rings (SSSR count). The molecule has 5 nitrogen and oxygen atoms in total. The Labute approximate surface area is 109 Å².